The third-order valence-corrected chi connectivity index (χ3v) is 7.22. The van der Waals surface area contributed by atoms with Gasteiger partial charge in [-0.05, 0) is 43.2 Å². The van der Waals surface area contributed by atoms with Crippen LogP contribution in [-0.4, -0.2) is 9.13 Å². The van der Waals surface area contributed by atoms with E-state index in [9.17, 15) is 0 Å². The molecule has 1 aliphatic rings. The topological polar surface area (TPSA) is 9.86 Å². The van der Waals surface area contributed by atoms with Crippen molar-refractivity contribution in [2.45, 2.75) is 31.7 Å². The first-order valence-corrected chi connectivity index (χ1v) is 11.4. The molecule has 6 aromatic rings. The third-order valence-electron chi connectivity index (χ3n) is 7.22. The molecule has 150 valence electrons. The van der Waals surface area contributed by atoms with Crippen LogP contribution in [0.5, 0.6) is 0 Å². The van der Waals surface area contributed by atoms with Crippen LogP contribution in [0.25, 0.3) is 49.3 Å². The molecule has 0 unspecified atom stereocenters. The van der Waals surface area contributed by atoms with Crippen molar-refractivity contribution in [1.29, 1.82) is 0 Å². The number of fused-ring (bicyclic) bond motifs is 6. The van der Waals surface area contributed by atoms with Gasteiger partial charge in [0.25, 0.3) is 0 Å². The van der Waals surface area contributed by atoms with E-state index in [0.29, 0.717) is 6.04 Å². The summed E-state index contributed by atoms with van der Waals surface area (Å²) in [6, 6.07) is 34.1. The van der Waals surface area contributed by atoms with Crippen molar-refractivity contribution in [2.24, 2.45) is 0 Å². The van der Waals surface area contributed by atoms with E-state index in [0.717, 1.165) is 0 Å². The number of para-hydroxylation sites is 3. The highest BCUT2D eigenvalue weighted by Crippen LogP contribution is 2.42. The van der Waals surface area contributed by atoms with Gasteiger partial charge in [0.15, 0.2) is 0 Å². The van der Waals surface area contributed by atoms with Crippen molar-refractivity contribution in [1.82, 2.24) is 9.13 Å². The smallest absolute Gasteiger partial charge is 0.0562 e. The Hall–Kier alpha value is -3.52. The molecular formula is C29H24N2. The van der Waals surface area contributed by atoms with Crippen LogP contribution in [0, 0.1) is 0 Å². The van der Waals surface area contributed by atoms with E-state index in [2.05, 4.69) is 100 Å². The summed E-state index contributed by atoms with van der Waals surface area (Å²) in [6.07, 6.45) is 5.25. The maximum Gasteiger partial charge on any atom is 0.0562 e. The quantitative estimate of drug-likeness (QED) is 0.279. The number of nitrogens with zero attached hydrogens (tertiary/aromatic N) is 2. The number of benzene rings is 4. The Labute approximate surface area is 181 Å². The van der Waals surface area contributed by atoms with Gasteiger partial charge >= 0.3 is 0 Å². The standard InChI is InChI=1S/C29H24N2/c1-2-11-20(10-1)30-26-17-8-5-14-23(26)29-27(30)18-9-19-28(29)31-24-15-6-3-12-21(24)22-13-4-7-16-25(22)31/h3-9,12-20H,1-2,10-11H2. The van der Waals surface area contributed by atoms with Gasteiger partial charge in [0, 0.05) is 33.1 Å². The fourth-order valence-electron chi connectivity index (χ4n) is 5.95. The first kappa shape index (κ1) is 17.2. The molecule has 2 heteroatoms. The van der Waals surface area contributed by atoms with E-state index in [1.807, 2.05) is 0 Å². The van der Waals surface area contributed by atoms with Crippen molar-refractivity contribution in [3.63, 3.8) is 0 Å². The zero-order valence-electron chi connectivity index (χ0n) is 17.5. The molecule has 1 saturated carbocycles. The highest BCUT2D eigenvalue weighted by Gasteiger charge is 2.23. The molecule has 4 aromatic carbocycles. The predicted octanol–water partition coefficient (Wildman–Crippen LogP) is 8.01. The Morgan fingerprint density at radius 1 is 0.516 bits per heavy atom. The zero-order chi connectivity index (χ0) is 20.4. The molecule has 0 saturated heterocycles. The summed E-state index contributed by atoms with van der Waals surface area (Å²) in [4.78, 5) is 0. The molecule has 0 N–H and O–H groups in total. The van der Waals surface area contributed by atoms with Crippen molar-refractivity contribution in [2.75, 3.05) is 0 Å². The lowest BCUT2D eigenvalue weighted by atomic mass is 10.1. The molecular weight excluding hydrogens is 376 g/mol. The van der Waals surface area contributed by atoms with Crippen molar-refractivity contribution in [3.05, 3.63) is 91.0 Å². The van der Waals surface area contributed by atoms with Gasteiger partial charge in [-0.3, -0.25) is 0 Å². The Morgan fingerprint density at radius 2 is 1.06 bits per heavy atom. The second-order valence-corrected chi connectivity index (χ2v) is 8.87. The summed E-state index contributed by atoms with van der Waals surface area (Å²) in [5.41, 5.74) is 6.57. The van der Waals surface area contributed by atoms with Gasteiger partial charge in [0.05, 0.1) is 22.2 Å². The number of rotatable bonds is 2. The van der Waals surface area contributed by atoms with Gasteiger partial charge in [-0.15, -0.1) is 0 Å². The van der Waals surface area contributed by atoms with Crippen LogP contribution in [-0.2, 0) is 0 Å². The van der Waals surface area contributed by atoms with Crippen molar-refractivity contribution in [3.8, 4) is 5.69 Å². The monoisotopic (exact) mass is 400 g/mol. The maximum atomic E-state index is 2.63. The van der Waals surface area contributed by atoms with Crippen LogP contribution < -0.4 is 0 Å². The summed E-state index contributed by atoms with van der Waals surface area (Å²) in [5.74, 6) is 0. The summed E-state index contributed by atoms with van der Waals surface area (Å²) in [7, 11) is 0. The van der Waals surface area contributed by atoms with Crippen LogP contribution in [0.2, 0.25) is 0 Å². The predicted molar refractivity (Wildman–Crippen MR) is 131 cm³/mol. The van der Waals surface area contributed by atoms with Crippen LogP contribution in [0.3, 0.4) is 0 Å². The minimum Gasteiger partial charge on any atom is -0.337 e. The van der Waals surface area contributed by atoms with Gasteiger partial charge in [-0.2, -0.15) is 0 Å². The molecule has 0 atom stereocenters. The fourth-order valence-corrected chi connectivity index (χ4v) is 5.95. The number of hydrogen-bond donors (Lipinski definition) is 0. The Kier molecular flexibility index (Phi) is 3.60. The molecule has 1 fully saturated rings. The van der Waals surface area contributed by atoms with E-state index < -0.39 is 0 Å². The van der Waals surface area contributed by atoms with Crippen molar-refractivity contribution >= 4 is 43.6 Å². The molecule has 0 amide bonds. The van der Waals surface area contributed by atoms with Crippen LogP contribution >= 0.6 is 0 Å². The van der Waals surface area contributed by atoms with Gasteiger partial charge in [-0.25, -0.2) is 0 Å². The van der Waals surface area contributed by atoms with Gasteiger partial charge < -0.3 is 9.13 Å². The summed E-state index contributed by atoms with van der Waals surface area (Å²) in [6.45, 7) is 0. The first-order chi connectivity index (χ1) is 15.4. The van der Waals surface area contributed by atoms with Crippen molar-refractivity contribution < 1.29 is 0 Å². The van der Waals surface area contributed by atoms with E-state index in [4.69, 9.17) is 0 Å². The van der Waals surface area contributed by atoms with Crippen LogP contribution in [0.1, 0.15) is 31.7 Å². The number of aromatic nitrogens is 2. The molecule has 1 aliphatic carbocycles. The Balaban J connectivity index is 1.67. The van der Waals surface area contributed by atoms with Gasteiger partial charge in [-0.1, -0.05) is 73.5 Å². The molecule has 0 aliphatic heterocycles. The molecule has 7 rings (SSSR count). The molecule has 2 aromatic heterocycles. The lowest BCUT2D eigenvalue weighted by molar-refractivity contribution is 0.550. The molecule has 31 heavy (non-hydrogen) atoms. The summed E-state index contributed by atoms with van der Waals surface area (Å²) in [5, 5.41) is 5.36. The van der Waals surface area contributed by atoms with E-state index in [-0.39, 0.29) is 0 Å². The lowest BCUT2D eigenvalue weighted by Crippen LogP contribution is -2.04. The lowest BCUT2D eigenvalue weighted by Gasteiger charge is -2.16. The van der Waals surface area contributed by atoms with Gasteiger partial charge in [0.2, 0.25) is 0 Å². The Morgan fingerprint density at radius 3 is 1.74 bits per heavy atom. The molecule has 0 spiro atoms. The second kappa shape index (κ2) is 6.49. The minimum absolute atomic E-state index is 0.607. The maximum absolute atomic E-state index is 2.63. The SMILES string of the molecule is c1ccc2c(c1)c1ccccc1n2-c1cccc2c1c1ccccc1n2C1CCCC1. The summed E-state index contributed by atoms with van der Waals surface area (Å²) >= 11 is 0. The molecule has 2 nitrogen and oxygen atoms in total. The van der Waals surface area contributed by atoms with E-state index >= 15 is 0 Å². The second-order valence-electron chi connectivity index (χ2n) is 8.87. The largest absolute Gasteiger partial charge is 0.337 e. The normalized spacial score (nSPS) is 15.1. The van der Waals surface area contributed by atoms with Crippen LogP contribution in [0.15, 0.2) is 91.0 Å². The minimum atomic E-state index is 0.607. The Bertz CT molecular complexity index is 1540. The molecule has 2 heterocycles. The number of hydrogen-bond acceptors (Lipinski definition) is 0. The van der Waals surface area contributed by atoms with E-state index in [1.165, 1.54) is 75.0 Å². The first-order valence-electron chi connectivity index (χ1n) is 11.4. The van der Waals surface area contributed by atoms with Crippen LogP contribution in [0.4, 0.5) is 0 Å². The highest BCUT2D eigenvalue weighted by molar-refractivity contribution is 6.15. The van der Waals surface area contributed by atoms with Gasteiger partial charge in [0.1, 0.15) is 0 Å². The summed E-state index contributed by atoms with van der Waals surface area (Å²) < 4.78 is 5.10. The molecule has 0 bridgehead atoms. The molecule has 0 radical (unpaired) electrons. The average molecular weight is 401 g/mol. The zero-order valence-corrected chi connectivity index (χ0v) is 17.5. The highest BCUT2D eigenvalue weighted by atomic mass is 15.0. The average Bonchev–Trinajstić information content (AvgIpc) is 3.53. The fraction of sp³-hybridized carbons (Fsp3) is 0.172. The van der Waals surface area contributed by atoms with E-state index in [1.54, 1.807) is 0 Å². The third kappa shape index (κ3) is 2.33.